The van der Waals surface area contributed by atoms with E-state index in [4.69, 9.17) is 0 Å². The molecule has 0 atom stereocenters. The van der Waals surface area contributed by atoms with Gasteiger partial charge < -0.3 is 10.0 Å². The number of phenolic OH excluding ortho intramolecular Hbond substituents is 1. The summed E-state index contributed by atoms with van der Waals surface area (Å²) in [5.74, 6) is 0.320. The zero-order valence-corrected chi connectivity index (χ0v) is 9.30. The van der Waals surface area contributed by atoms with E-state index in [1.165, 1.54) is 5.56 Å². The predicted molar refractivity (Wildman–Crippen MR) is 66.7 cm³/mol. The Hall–Kier alpha value is -1.96. The number of phenols is 1. The zero-order chi connectivity index (χ0) is 11.4. The van der Waals surface area contributed by atoms with Gasteiger partial charge in [0.1, 0.15) is 5.75 Å². The average Bonchev–Trinajstić information content (AvgIpc) is 2.31. The number of rotatable bonds is 3. The first-order chi connectivity index (χ1) is 7.77. The molecule has 0 unspecified atom stereocenters. The molecule has 0 aliphatic rings. The van der Waals surface area contributed by atoms with Crippen molar-refractivity contribution in [3.63, 3.8) is 0 Å². The van der Waals surface area contributed by atoms with Crippen molar-refractivity contribution in [2.75, 3.05) is 11.9 Å². The number of benzene rings is 2. The van der Waals surface area contributed by atoms with Crippen LogP contribution in [0.5, 0.6) is 5.75 Å². The summed E-state index contributed by atoms with van der Waals surface area (Å²) in [6, 6.07) is 17.6. The standard InChI is InChI=1S/C14H15NO/c1-15(11-12-7-3-2-4-8-12)13-9-5-6-10-14(13)16/h2-10,16H,11H2,1H3. The maximum Gasteiger partial charge on any atom is 0.138 e. The number of nitrogens with zero attached hydrogens (tertiary/aromatic N) is 1. The molecular formula is C14H15NO. The van der Waals surface area contributed by atoms with Crippen LogP contribution in [0.25, 0.3) is 0 Å². The van der Waals surface area contributed by atoms with Crippen LogP contribution in [0.15, 0.2) is 54.6 Å². The molecule has 2 nitrogen and oxygen atoms in total. The van der Waals surface area contributed by atoms with Gasteiger partial charge in [-0.1, -0.05) is 42.5 Å². The summed E-state index contributed by atoms with van der Waals surface area (Å²) in [7, 11) is 1.97. The molecule has 0 saturated carbocycles. The fourth-order valence-corrected chi connectivity index (χ4v) is 1.73. The van der Waals surface area contributed by atoms with E-state index < -0.39 is 0 Å². The Bertz CT molecular complexity index is 453. The Morgan fingerprint density at radius 3 is 2.25 bits per heavy atom. The van der Waals surface area contributed by atoms with E-state index in [0.717, 1.165) is 12.2 Å². The van der Waals surface area contributed by atoms with Crippen LogP contribution < -0.4 is 4.90 Å². The fraction of sp³-hybridized carbons (Fsp3) is 0.143. The van der Waals surface area contributed by atoms with Crippen LogP contribution >= 0.6 is 0 Å². The quantitative estimate of drug-likeness (QED) is 0.847. The molecule has 0 spiro atoms. The first-order valence-electron chi connectivity index (χ1n) is 5.30. The lowest BCUT2D eigenvalue weighted by molar-refractivity contribution is 0.474. The zero-order valence-electron chi connectivity index (χ0n) is 9.30. The second kappa shape index (κ2) is 4.71. The normalized spacial score (nSPS) is 10.1. The summed E-state index contributed by atoms with van der Waals surface area (Å²) >= 11 is 0. The summed E-state index contributed by atoms with van der Waals surface area (Å²) in [6.07, 6.45) is 0. The molecule has 0 fully saturated rings. The number of anilines is 1. The fourth-order valence-electron chi connectivity index (χ4n) is 1.73. The van der Waals surface area contributed by atoms with Crippen LogP contribution in [0.3, 0.4) is 0 Å². The topological polar surface area (TPSA) is 23.5 Å². The van der Waals surface area contributed by atoms with Crippen molar-refractivity contribution >= 4 is 5.69 Å². The molecule has 0 amide bonds. The van der Waals surface area contributed by atoms with Crippen molar-refractivity contribution < 1.29 is 5.11 Å². The van der Waals surface area contributed by atoms with Crippen LogP contribution in [0.1, 0.15) is 5.56 Å². The van der Waals surface area contributed by atoms with Gasteiger partial charge in [0.15, 0.2) is 0 Å². The van der Waals surface area contributed by atoms with E-state index in [2.05, 4.69) is 12.1 Å². The molecule has 1 N–H and O–H groups in total. The SMILES string of the molecule is CN(Cc1ccccc1)c1ccccc1O. The molecule has 0 radical (unpaired) electrons. The Labute approximate surface area is 95.8 Å². The molecule has 0 heterocycles. The van der Waals surface area contributed by atoms with Crippen molar-refractivity contribution in [1.82, 2.24) is 0 Å². The Morgan fingerprint density at radius 2 is 1.56 bits per heavy atom. The van der Waals surface area contributed by atoms with Crippen LogP contribution in [0.2, 0.25) is 0 Å². The maximum absolute atomic E-state index is 9.72. The summed E-state index contributed by atoms with van der Waals surface area (Å²) in [6.45, 7) is 0.790. The van der Waals surface area contributed by atoms with E-state index in [1.807, 2.05) is 48.3 Å². The van der Waals surface area contributed by atoms with Crippen molar-refractivity contribution in [3.05, 3.63) is 60.2 Å². The van der Waals surface area contributed by atoms with Crippen molar-refractivity contribution in [1.29, 1.82) is 0 Å². The molecule has 0 bridgehead atoms. The van der Waals surface area contributed by atoms with Crippen LogP contribution in [0, 0.1) is 0 Å². The lowest BCUT2D eigenvalue weighted by atomic mass is 10.2. The summed E-state index contributed by atoms with van der Waals surface area (Å²) < 4.78 is 0. The molecule has 2 rings (SSSR count). The first-order valence-corrected chi connectivity index (χ1v) is 5.30. The van der Waals surface area contributed by atoms with Gasteiger partial charge >= 0.3 is 0 Å². The van der Waals surface area contributed by atoms with E-state index in [9.17, 15) is 5.11 Å². The highest BCUT2D eigenvalue weighted by Crippen LogP contribution is 2.26. The number of hydrogen-bond donors (Lipinski definition) is 1. The average molecular weight is 213 g/mol. The van der Waals surface area contributed by atoms with Gasteiger partial charge in [-0.05, 0) is 17.7 Å². The van der Waals surface area contributed by atoms with Gasteiger partial charge in [0.25, 0.3) is 0 Å². The van der Waals surface area contributed by atoms with Crippen molar-refractivity contribution in [3.8, 4) is 5.75 Å². The van der Waals surface area contributed by atoms with Crippen molar-refractivity contribution in [2.45, 2.75) is 6.54 Å². The first kappa shape index (κ1) is 10.6. The number of para-hydroxylation sites is 2. The molecule has 0 saturated heterocycles. The van der Waals surface area contributed by atoms with E-state index in [0.29, 0.717) is 5.75 Å². The molecular weight excluding hydrogens is 198 g/mol. The highest BCUT2D eigenvalue weighted by Gasteiger charge is 2.05. The minimum absolute atomic E-state index is 0.320. The third-order valence-corrected chi connectivity index (χ3v) is 2.56. The molecule has 82 valence electrons. The molecule has 0 aliphatic heterocycles. The Morgan fingerprint density at radius 1 is 0.938 bits per heavy atom. The third-order valence-electron chi connectivity index (χ3n) is 2.56. The second-order valence-electron chi connectivity index (χ2n) is 3.83. The summed E-state index contributed by atoms with van der Waals surface area (Å²) in [5, 5.41) is 9.72. The highest BCUT2D eigenvalue weighted by molar-refractivity contribution is 5.57. The van der Waals surface area contributed by atoms with Gasteiger partial charge in [0.05, 0.1) is 5.69 Å². The van der Waals surface area contributed by atoms with Gasteiger partial charge in [0, 0.05) is 13.6 Å². The monoisotopic (exact) mass is 213 g/mol. The largest absolute Gasteiger partial charge is 0.506 e. The maximum atomic E-state index is 9.72. The molecule has 0 aromatic heterocycles. The Kier molecular flexibility index (Phi) is 3.10. The predicted octanol–water partition coefficient (Wildman–Crippen LogP) is 3.03. The van der Waals surface area contributed by atoms with Gasteiger partial charge in [-0.25, -0.2) is 0 Å². The lowest BCUT2D eigenvalue weighted by Gasteiger charge is -2.20. The molecule has 16 heavy (non-hydrogen) atoms. The summed E-state index contributed by atoms with van der Waals surface area (Å²) in [5.41, 5.74) is 2.08. The van der Waals surface area contributed by atoms with Crippen molar-refractivity contribution in [2.24, 2.45) is 0 Å². The molecule has 2 heteroatoms. The van der Waals surface area contributed by atoms with E-state index >= 15 is 0 Å². The third kappa shape index (κ3) is 2.34. The second-order valence-corrected chi connectivity index (χ2v) is 3.83. The number of aromatic hydroxyl groups is 1. The lowest BCUT2D eigenvalue weighted by Crippen LogP contribution is -2.16. The van der Waals surface area contributed by atoms with E-state index in [-0.39, 0.29) is 0 Å². The van der Waals surface area contributed by atoms with Gasteiger partial charge in [-0.3, -0.25) is 0 Å². The Balaban J connectivity index is 2.15. The smallest absolute Gasteiger partial charge is 0.138 e. The van der Waals surface area contributed by atoms with Crippen LogP contribution in [0.4, 0.5) is 5.69 Å². The van der Waals surface area contributed by atoms with Crippen LogP contribution in [-0.2, 0) is 6.54 Å². The van der Waals surface area contributed by atoms with E-state index in [1.54, 1.807) is 6.07 Å². The van der Waals surface area contributed by atoms with Gasteiger partial charge in [-0.15, -0.1) is 0 Å². The minimum Gasteiger partial charge on any atom is -0.506 e. The minimum atomic E-state index is 0.320. The molecule has 2 aromatic carbocycles. The molecule has 2 aromatic rings. The van der Waals surface area contributed by atoms with Crippen LogP contribution in [-0.4, -0.2) is 12.2 Å². The highest BCUT2D eigenvalue weighted by atomic mass is 16.3. The van der Waals surface area contributed by atoms with Gasteiger partial charge in [0.2, 0.25) is 0 Å². The number of hydrogen-bond acceptors (Lipinski definition) is 2. The summed E-state index contributed by atoms with van der Waals surface area (Å²) in [4.78, 5) is 2.03. The van der Waals surface area contributed by atoms with Gasteiger partial charge in [-0.2, -0.15) is 0 Å². The molecule has 0 aliphatic carbocycles.